The van der Waals surface area contributed by atoms with E-state index in [9.17, 15) is 4.39 Å². The van der Waals surface area contributed by atoms with Crippen molar-refractivity contribution in [1.82, 2.24) is 0 Å². The lowest BCUT2D eigenvalue weighted by Gasteiger charge is -2.13. The van der Waals surface area contributed by atoms with Gasteiger partial charge in [0.05, 0.1) is 0 Å². The molecule has 0 aromatic rings. The van der Waals surface area contributed by atoms with Gasteiger partial charge >= 0.3 is 0 Å². The monoisotopic (exact) mass is 158 g/mol. The van der Waals surface area contributed by atoms with Gasteiger partial charge in [-0.25, -0.2) is 4.39 Å². The molecule has 0 aliphatic heterocycles. The van der Waals surface area contributed by atoms with Crippen molar-refractivity contribution in [3.05, 3.63) is 0 Å². The summed E-state index contributed by atoms with van der Waals surface area (Å²) in [5.41, 5.74) is 0. The van der Waals surface area contributed by atoms with Gasteiger partial charge in [0.15, 0.2) is 0 Å². The third-order valence-electron chi connectivity index (χ3n) is 2.74. The maximum Gasteiger partial charge on any atom is 0.103 e. The van der Waals surface area contributed by atoms with Gasteiger partial charge in [-0.15, -0.1) is 0 Å². The van der Waals surface area contributed by atoms with Gasteiger partial charge in [0.2, 0.25) is 0 Å². The summed E-state index contributed by atoms with van der Waals surface area (Å²) in [6, 6.07) is 0. The van der Waals surface area contributed by atoms with E-state index in [0.717, 1.165) is 32.1 Å². The van der Waals surface area contributed by atoms with Gasteiger partial charge in [0, 0.05) is 0 Å². The second-order valence-electron chi connectivity index (χ2n) is 3.70. The van der Waals surface area contributed by atoms with Crippen LogP contribution in [0.4, 0.5) is 4.39 Å². The summed E-state index contributed by atoms with van der Waals surface area (Å²) in [6.45, 7) is 2.13. The maximum atomic E-state index is 13.3. The van der Waals surface area contributed by atoms with E-state index < -0.39 is 6.17 Å². The molecule has 1 fully saturated rings. The molecule has 1 saturated carbocycles. The van der Waals surface area contributed by atoms with Gasteiger partial charge in [0.25, 0.3) is 0 Å². The van der Waals surface area contributed by atoms with Crippen molar-refractivity contribution in [3.63, 3.8) is 0 Å². The summed E-state index contributed by atoms with van der Waals surface area (Å²) in [7, 11) is 0. The molecule has 66 valence electrons. The van der Waals surface area contributed by atoms with Crippen LogP contribution in [-0.2, 0) is 0 Å². The van der Waals surface area contributed by atoms with Crippen molar-refractivity contribution in [2.75, 3.05) is 0 Å². The van der Waals surface area contributed by atoms with Crippen LogP contribution in [0.3, 0.4) is 0 Å². The predicted molar refractivity (Wildman–Crippen MR) is 46.4 cm³/mol. The summed E-state index contributed by atoms with van der Waals surface area (Å²) in [6.07, 6.45) is 7.33. The first kappa shape index (κ1) is 9.02. The number of halogens is 1. The molecule has 11 heavy (non-hydrogen) atoms. The van der Waals surface area contributed by atoms with E-state index in [1.54, 1.807) is 0 Å². The Hall–Kier alpha value is -0.0700. The molecular formula is C10H19F. The molecule has 0 aromatic heterocycles. The zero-order chi connectivity index (χ0) is 8.10. The highest BCUT2D eigenvalue weighted by atomic mass is 19.1. The molecule has 1 atom stereocenters. The average Bonchev–Trinajstić information content (AvgIpc) is 2.52. The minimum Gasteiger partial charge on any atom is -0.247 e. The van der Waals surface area contributed by atoms with Crippen LogP contribution in [0.15, 0.2) is 0 Å². The Labute approximate surface area is 69.2 Å². The largest absolute Gasteiger partial charge is 0.247 e. The molecule has 1 aliphatic rings. The fourth-order valence-corrected chi connectivity index (χ4v) is 1.95. The average molecular weight is 158 g/mol. The Morgan fingerprint density at radius 1 is 1.36 bits per heavy atom. The van der Waals surface area contributed by atoms with Crippen molar-refractivity contribution >= 4 is 0 Å². The van der Waals surface area contributed by atoms with Crippen LogP contribution in [0.1, 0.15) is 51.9 Å². The molecule has 0 radical (unpaired) electrons. The zero-order valence-electron chi connectivity index (χ0n) is 7.48. The van der Waals surface area contributed by atoms with Crippen LogP contribution in [0.2, 0.25) is 0 Å². The Morgan fingerprint density at radius 2 is 2.00 bits per heavy atom. The normalized spacial score (nSPS) is 22.4. The SMILES string of the molecule is CCCCC(F)C1CCCC1. The molecule has 1 rings (SSSR count). The van der Waals surface area contributed by atoms with Crippen LogP contribution in [0, 0.1) is 5.92 Å². The van der Waals surface area contributed by atoms with Gasteiger partial charge in [-0.2, -0.15) is 0 Å². The van der Waals surface area contributed by atoms with Gasteiger partial charge < -0.3 is 0 Å². The highest BCUT2D eigenvalue weighted by Crippen LogP contribution is 2.31. The fraction of sp³-hybridized carbons (Fsp3) is 1.00. The van der Waals surface area contributed by atoms with Crippen LogP contribution in [0.25, 0.3) is 0 Å². The van der Waals surface area contributed by atoms with Crippen molar-refractivity contribution in [1.29, 1.82) is 0 Å². The first-order chi connectivity index (χ1) is 5.34. The second kappa shape index (κ2) is 4.74. The van der Waals surface area contributed by atoms with Crippen LogP contribution >= 0.6 is 0 Å². The molecule has 0 aromatic carbocycles. The lowest BCUT2D eigenvalue weighted by atomic mass is 9.98. The first-order valence-electron chi connectivity index (χ1n) is 4.98. The Kier molecular flexibility index (Phi) is 3.88. The van der Waals surface area contributed by atoms with Crippen molar-refractivity contribution < 1.29 is 4.39 Å². The number of alkyl halides is 1. The molecule has 0 amide bonds. The van der Waals surface area contributed by atoms with Crippen molar-refractivity contribution in [2.24, 2.45) is 5.92 Å². The third-order valence-corrected chi connectivity index (χ3v) is 2.74. The topological polar surface area (TPSA) is 0 Å². The second-order valence-corrected chi connectivity index (χ2v) is 3.70. The minimum atomic E-state index is -0.488. The Morgan fingerprint density at radius 3 is 2.55 bits per heavy atom. The minimum absolute atomic E-state index is 0.418. The summed E-state index contributed by atoms with van der Waals surface area (Å²) < 4.78 is 13.3. The summed E-state index contributed by atoms with van der Waals surface area (Å²) in [4.78, 5) is 0. The molecule has 0 nitrogen and oxygen atoms in total. The van der Waals surface area contributed by atoms with E-state index in [2.05, 4.69) is 6.92 Å². The molecule has 1 unspecified atom stereocenters. The summed E-state index contributed by atoms with van der Waals surface area (Å²) >= 11 is 0. The number of rotatable bonds is 4. The predicted octanol–water partition coefficient (Wildman–Crippen LogP) is 3.70. The van der Waals surface area contributed by atoms with Gasteiger partial charge in [-0.3, -0.25) is 0 Å². The van der Waals surface area contributed by atoms with Crippen molar-refractivity contribution in [2.45, 2.75) is 58.0 Å². The van der Waals surface area contributed by atoms with E-state index in [4.69, 9.17) is 0 Å². The van der Waals surface area contributed by atoms with E-state index in [-0.39, 0.29) is 0 Å². The van der Waals surface area contributed by atoms with Gasteiger partial charge in [-0.1, -0.05) is 32.6 Å². The van der Waals surface area contributed by atoms with Gasteiger partial charge in [-0.05, 0) is 25.2 Å². The van der Waals surface area contributed by atoms with Crippen LogP contribution < -0.4 is 0 Å². The third kappa shape index (κ3) is 2.80. The molecule has 0 heterocycles. The quantitative estimate of drug-likeness (QED) is 0.585. The number of unbranched alkanes of at least 4 members (excludes halogenated alkanes) is 1. The molecule has 0 bridgehead atoms. The molecule has 1 aliphatic carbocycles. The van der Waals surface area contributed by atoms with E-state index >= 15 is 0 Å². The first-order valence-corrected chi connectivity index (χ1v) is 4.98. The van der Waals surface area contributed by atoms with E-state index in [1.807, 2.05) is 0 Å². The molecule has 0 saturated heterocycles. The summed E-state index contributed by atoms with van der Waals surface area (Å²) in [5, 5.41) is 0. The van der Waals surface area contributed by atoms with Crippen LogP contribution in [-0.4, -0.2) is 6.17 Å². The standard InChI is InChI=1S/C10H19F/c1-2-3-8-10(11)9-6-4-5-7-9/h9-10H,2-8H2,1H3. The lowest BCUT2D eigenvalue weighted by molar-refractivity contribution is 0.213. The zero-order valence-corrected chi connectivity index (χ0v) is 7.48. The smallest absolute Gasteiger partial charge is 0.103 e. The summed E-state index contributed by atoms with van der Waals surface area (Å²) in [5.74, 6) is 0.418. The van der Waals surface area contributed by atoms with E-state index in [0.29, 0.717) is 5.92 Å². The Bertz CT molecular complexity index is 95.0. The molecule has 1 heteroatoms. The maximum absolute atomic E-state index is 13.3. The van der Waals surface area contributed by atoms with Crippen LogP contribution in [0.5, 0.6) is 0 Å². The molecule has 0 N–H and O–H groups in total. The Balaban J connectivity index is 2.12. The highest BCUT2D eigenvalue weighted by molar-refractivity contribution is 4.74. The number of hydrogen-bond acceptors (Lipinski definition) is 0. The van der Waals surface area contributed by atoms with Crippen molar-refractivity contribution in [3.8, 4) is 0 Å². The molecule has 0 spiro atoms. The van der Waals surface area contributed by atoms with E-state index in [1.165, 1.54) is 12.8 Å². The number of hydrogen-bond donors (Lipinski definition) is 0. The molecular weight excluding hydrogens is 139 g/mol. The lowest BCUT2D eigenvalue weighted by Crippen LogP contribution is -2.11. The fourth-order valence-electron chi connectivity index (χ4n) is 1.95. The van der Waals surface area contributed by atoms with Gasteiger partial charge in [0.1, 0.15) is 6.17 Å². The highest BCUT2D eigenvalue weighted by Gasteiger charge is 2.23.